The number of hydrogen-bond donors (Lipinski definition) is 2. The minimum absolute atomic E-state index is 0.274. The Hall–Kier alpha value is -2.99. The molecule has 4 rings (SSSR count). The molecule has 1 aliphatic heterocycles. The molecule has 132 valence electrons. The van der Waals surface area contributed by atoms with Crippen LogP contribution in [0.1, 0.15) is 12.8 Å². The average molecular weight is 347 g/mol. The highest BCUT2D eigenvalue weighted by Gasteiger charge is 2.15. The number of nitrogens with zero attached hydrogens (tertiary/aromatic N) is 3. The van der Waals surface area contributed by atoms with Gasteiger partial charge in [-0.3, -0.25) is 4.98 Å². The summed E-state index contributed by atoms with van der Waals surface area (Å²) in [7, 11) is 0. The lowest BCUT2D eigenvalue weighted by molar-refractivity contribution is 0.0875. The van der Waals surface area contributed by atoms with E-state index in [1.165, 1.54) is 0 Å². The summed E-state index contributed by atoms with van der Waals surface area (Å²) in [5.74, 6) is 2.22. The summed E-state index contributed by atoms with van der Waals surface area (Å²) in [6.07, 6.45) is 5.65. The second-order valence-corrected chi connectivity index (χ2v) is 6.25. The van der Waals surface area contributed by atoms with E-state index in [9.17, 15) is 0 Å². The third-order valence-electron chi connectivity index (χ3n) is 4.22. The maximum Gasteiger partial charge on any atom is 0.163 e. The first-order valence-corrected chi connectivity index (χ1v) is 8.83. The Morgan fingerprint density at radius 3 is 2.54 bits per heavy atom. The summed E-state index contributed by atoms with van der Waals surface area (Å²) in [4.78, 5) is 13.4. The van der Waals surface area contributed by atoms with Crippen molar-refractivity contribution in [3.8, 4) is 11.4 Å². The summed E-state index contributed by atoms with van der Waals surface area (Å²) in [5, 5.41) is 6.82. The molecule has 2 aromatic heterocycles. The van der Waals surface area contributed by atoms with Crippen LogP contribution in [0.4, 0.5) is 17.3 Å². The molecule has 0 amide bonds. The van der Waals surface area contributed by atoms with Gasteiger partial charge in [0.05, 0.1) is 12.6 Å². The number of pyridine rings is 1. The van der Waals surface area contributed by atoms with Crippen LogP contribution in [0.5, 0.6) is 0 Å². The van der Waals surface area contributed by atoms with E-state index in [0.717, 1.165) is 42.3 Å². The van der Waals surface area contributed by atoms with Crippen molar-refractivity contribution in [1.82, 2.24) is 15.0 Å². The van der Waals surface area contributed by atoms with Crippen molar-refractivity contribution >= 4 is 17.3 Å². The van der Waals surface area contributed by atoms with Crippen LogP contribution in [0.25, 0.3) is 11.4 Å². The maximum atomic E-state index is 5.57. The Bertz CT molecular complexity index is 835. The van der Waals surface area contributed by atoms with E-state index >= 15 is 0 Å². The number of benzene rings is 1. The Balaban J connectivity index is 1.64. The van der Waals surface area contributed by atoms with Gasteiger partial charge in [-0.15, -0.1) is 0 Å². The molecule has 1 atom stereocenters. The number of hydrogen-bond acceptors (Lipinski definition) is 6. The van der Waals surface area contributed by atoms with Crippen LogP contribution in [0.3, 0.4) is 0 Å². The lowest BCUT2D eigenvalue weighted by atomic mass is 10.1. The molecule has 1 fully saturated rings. The summed E-state index contributed by atoms with van der Waals surface area (Å²) < 4.78 is 5.57. The van der Waals surface area contributed by atoms with Crippen LogP contribution >= 0.6 is 0 Å². The molecule has 3 heterocycles. The first kappa shape index (κ1) is 16.5. The molecule has 3 aromatic rings. The van der Waals surface area contributed by atoms with Crippen molar-refractivity contribution in [2.24, 2.45) is 0 Å². The van der Waals surface area contributed by atoms with Crippen molar-refractivity contribution in [3.63, 3.8) is 0 Å². The summed E-state index contributed by atoms with van der Waals surface area (Å²) in [6.45, 7) is 1.55. The minimum Gasteiger partial charge on any atom is -0.379 e. The van der Waals surface area contributed by atoms with E-state index in [2.05, 4.69) is 20.6 Å². The van der Waals surface area contributed by atoms with Gasteiger partial charge < -0.3 is 15.4 Å². The molecule has 0 saturated carbocycles. The summed E-state index contributed by atoms with van der Waals surface area (Å²) >= 11 is 0. The normalized spacial score (nSPS) is 16.8. The fourth-order valence-electron chi connectivity index (χ4n) is 2.95. The first-order valence-electron chi connectivity index (χ1n) is 8.83. The van der Waals surface area contributed by atoms with E-state index < -0.39 is 0 Å². The van der Waals surface area contributed by atoms with Crippen molar-refractivity contribution in [2.45, 2.75) is 18.9 Å². The zero-order chi connectivity index (χ0) is 17.6. The zero-order valence-electron chi connectivity index (χ0n) is 14.4. The molecule has 0 spiro atoms. The lowest BCUT2D eigenvalue weighted by Crippen LogP contribution is -2.30. The van der Waals surface area contributed by atoms with Crippen molar-refractivity contribution in [2.75, 3.05) is 23.8 Å². The highest BCUT2D eigenvalue weighted by Crippen LogP contribution is 2.23. The standard InChI is InChI=1S/C20H21N5O/c1-2-5-15(6-3-1)20-24-18(22-16-8-10-21-11-9-16)13-19(25-20)23-17-7-4-12-26-14-17/h1-3,5-6,8-11,13,17H,4,7,12,14H2,(H2,21,22,23,24,25). The molecular weight excluding hydrogens is 326 g/mol. The smallest absolute Gasteiger partial charge is 0.163 e. The van der Waals surface area contributed by atoms with Gasteiger partial charge in [-0.1, -0.05) is 30.3 Å². The van der Waals surface area contributed by atoms with Crippen LogP contribution in [-0.2, 0) is 4.74 Å². The maximum absolute atomic E-state index is 5.57. The number of rotatable bonds is 5. The second-order valence-electron chi connectivity index (χ2n) is 6.25. The van der Waals surface area contributed by atoms with Gasteiger partial charge in [0.25, 0.3) is 0 Å². The molecule has 1 aliphatic rings. The Morgan fingerprint density at radius 1 is 0.962 bits per heavy atom. The average Bonchev–Trinajstić information content (AvgIpc) is 2.70. The Kier molecular flexibility index (Phi) is 5.02. The van der Waals surface area contributed by atoms with Gasteiger partial charge in [0.1, 0.15) is 11.6 Å². The second kappa shape index (κ2) is 7.93. The zero-order valence-corrected chi connectivity index (χ0v) is 14.4. The molecule has 6 heteroatoms. The van der Waals surface area contributed by atoms with Crippen LogP contribution in [0, 0.1) is 0 Å². The van der Waals surface area contributed by atoms with E-state index in [1.807, 2.05) is 48.5 Å². The molecular formula is C20H21N5O. The number of nitrogens with one attached hydrogen (secondary N) is 2. The lowest BCUT2D eigenvalue weighted by Gasteiger charge is -2.24. The molecule has 2 N–H and O–H groups in total. The molecule has 1 unspecified atom stereocenters. The van der Waals surface area contributed by atoms with Gasteiger partial charge >= 0.3 is 0 Å². The van der Waals surface area contributed by atoms with E-state index in [1.54, 1.807) is 12.4 Å². The van der Waals surface area contributed by atoms with Crippen molar-refractivity contribution in [1.29, 1.82) is 0 Å². The van der Waals surface area contributed by atoms with Gasteiger partial charge in [-0.05, 0) is 25.0 Å². The van der Waals surface area contributed by atoms with Crippen LogP contribution in [0.2, 0.25) is 0 Å². The Morgan fingerprint density at radius 2 is 1.77 bits per heavy atom. The molecule has 6 nitrogen and oxygen atoms in total. The highest BCUT2D eigenvalue weighted by molar-refractivity contribution is 5.65. The first-order chi connectivity index (χ1) is 12.9. The van der Waals surface area contributed by atoms with Crippen molar-refractivity contribution in [3.05, 3.63) is 60.9 Å². The van der Waals surface area contributed by atoms with Gasteiger partial charge in [0, 0.05) is 36.3 Å². The number of aromatic nitrogens is 3. The number of ether oxygens (including phenoxy) is 1. The number of anilines is 3. The van der Waals surface area contributed by atoms with Crippen LogP contribution in [0.15, 0.2) is 60.9 Å². The van der Waals surface area contributed by atoms with Gasteiger partial charge in [0.2, 0.25) is 0 Å². The largest absolute Gasteiger partial charge is 0.379 e. The Labute approximate surface area is 152 Å². The predicted molar refractivity (Wildman–Crippen MR) is 102 cm³/mol. The molecule has 0 aliphatic carbocycles. The topological polar surface area (TPSA) is 72.0 Å². The summed E-state index contributed by atoms with van der Waals surface area (Å²) in [5.41, 5.74) is 1.92. The highest BCUT2D eigenvalue weighted by atomic mass is 16.5. The molecule has 26 heavy (non-hydrogen) atoms. The SMILES string of the molecule is c1ccc(-c2nc(Nc3ccncc3)cc(NC3CCCOC3)n2)cc1. The third kappa shape index (κ3) is 4.15. The summed E-state index contributed by atoms with van der Waals surface area (Å²) in [6, 6.07) is 16.0. The monoisotopic (exact) mass is 347 g/mol. The predicted octanol–water partition coefficient (Wildman–Crippen LogP) is 3.87. The van der Waals surface area contributed by atoms with E-state index in [4.69, 9.17) is 9.72 Å². The third-order valence-corrected chi connectivity index (χ3v) is 4.22. The molecule has 0 bridgehead atoms. The minimum atomic E-state index is 0.274. The fourth-order valence-corrected chi connectivity index (χ4v) is 2.95. The quantitative estimate of drug-likeness (QED) is 0.730. The van der Waals surface area contributed by atoms with Crippen molar-refractivity contribution < 1.29 is 4.74 Å². The molecule has 1 saturated heterocycles. The van der Waals surface area contributed by atoms with Gasteiger partial charge in [0.15, 0.2) is 5.82 Å². The van der Waals surface area contributed by atoms with Gasteiger partial charge in [-0.25, -0.2) is 9.97 Å². The molecule has 1 aromatic carbocycles. The van der Waals surface area contributed by atoms with Gasteiger partial charge in [-0.2, -0.15) is 0 Å². The molecule has 0 radical (unpaired) electrons. The van der Waals surface area contributed by atoms with E-state index in [0.29, 0.717) is 12.4 Å². The van der Waals surface area contributed by atoms with Crippen LogP contribution in [-0.4, -0.2) is 34.2 Å². The van der Waals surface area contributed by atoms with E-state index in [-0.39, 0.29) is 6.04 Å². The fraction of sp³-hybridized carbons (Fsp3) is 0.250. The van der Waals surface area contributed by atoms with Crippen LogP contribution < -0.4 is 10.6 Å².